The Kier molecular flexibility index (Phi) is 3.78. The summed E-state index contributed by atoms with van der Waals surface area (Å²) in [6.45, 7) is 0. The maximum absolute atomic E-state index is 11.1. The van der Waals surface area contributed by atoms with Crippen LogP contribution in [0.25, 0.3) is 0 Å². The van der Waals surface area contributed by atoms with Gasteiger partial charge in [-0.15, -0.1) is 0 Å². The number of esters is 1. The van der Waals surface area contributed by atoms with Crippen molar-refractivity contribution in [2.45, 2.75) is 12.5 Å². The highest BCUT2D eigenvalue weighted by Crippen LogP contribution is 2.15. The fourth-order valence-corrected chi connectivity index (χ4v) is 0.868. The number of carbonyl (C=O) groups is 3. The Balaban J connectivity index is 2.56. The number of aliphatic hydroxyl groups is 1. The van der Waals surface area contributed by atoms with Crippen molar-refractivity contribution in [3.05, 3.63) is 17.9 Å². The van der Waals surface area contributed by atoms with Crippen LogP contribution in [0.3, 0.4) is 0 Å². The standard InChI is InChI=1S/C9H8O7/c10-4-5-1-2-8(15-5)16-9(14)6(11)3-7(12)13/h1-2,4,6,11H,3H2,(H,12,13). The zero-order valence-corrected chi connectivity index (χ0v) is 7.95. The van der Waals surface area contributed by atoms with Gasteiger partial charge in [-0.2, -0.15) is 0 Å². The molecule has 0 saturated carbocycles. The number of hydrogen-bond donors (Lipinski definition) is 2. The van der Waals surface area contributed by atoms with Crippen LogP contribution in [0.4, 0.5) is 0 Å². The number of carboxylic acids is 1. The number of rotatable bonds is 5. The molecule has 1 unspecified atom stereocenters. The molecule has 7 nitrogen and oxygen atoms in total. The molecule has 0 fully saturated rings. The number of ether oxygens (including phenoxy) is 1. The van der Waals surface area contributed by atoms with E-state index >= 15 is 0 Å². The molecule has 0 amide bonds. The van der Waals surface area contributed by atoms with Crippen molar-refractivity contribution in [3.8, 4) is 5.95 Å². The lowest BCUT2D eigenvalue weighted by Crippen LogP contribution is -2.27. The summed E-state index contributed by atoms with van der Waals surface area (Å²) in [6, 6.07) is 2.47. The fourth-order valence-electron chi connectivity index (χ4n) is 0.868. The maximum Gasteiger partial charge on any atom is 0.343 e. The van der Waals surface area contributed by atoms with E-state index in [2.05, 4.69) is 9.15 Å². The number of hydrogen-bond acceptors (Lipinski definition) is 6. The number of aliphatic hydroxyl groups excluding tert-OH is 1. The first-order valence-corrected chi connectivity index (χ1v) is 4.19. The first-order chi connectivity index (χ1) is 7.52. The summed E-state index contributed by atoms with van der Waals surface area (Å²) in [5.41, 5.74) is 0. The third-order valence-corrected chi connectivity index (χ3v) is 1.56. The molecule has 0 aliphatic rings. The molecule has 1 atom stereocenters. The lowest BCUT2D eigenvalue weighted by Gasteiger charge is -2.05. The van der Waals surface area contributed by atoms with Gasteiger partial charge in [-0.25, -0.2) is 4.79 Å². The quantitative estimate of drug-likeness (QED) is 0.531. The van der Waals surface area contributed by atoms with E-state index in [1.807, 2.05) is 0 Å². The molecule has 0 bridgehead atoms. The Bertz CT molecular complexity index is 406. The maximum atomic E-state index is 11.1. The van der Waals surface area contributed by atoms with E-state index in [9.17, 15) is 14.4 Å². The van der Waals surface area contributed by atoms with Gasteiger partial charge in [-0.05, 0) is 6.07 Å². The van der Waals surface area contributed by atoms with Gasteiger partial charge in [0, 0.05) is 6.07 Å². The Labute approximate surface area is 89.2 Å². The van der Waals surface area contributed by atoms with E-state index in [-0.39, 0.29) is 11.7 Å². The molecule has 1 heterocycles. The summed E-state index contributed by atoms with van der Waals surface area (Å²) >= 11 is 0. The SMILES string of the molecule is O=Cc1ccc(OC(=O)C(O)CC(=O)O)o1. The second-order valence-corrected chi connectivity index (χ2v) is 2.81. The van der Waals surface area contributed by atoms with Crippen molar-refractivity contribution >= 4 is 18.2 Å². The topological polar surface area (TPSA) is 114 Å². The lowest BCUT2D eigenvalue weighted by atomic mass is 10.2. The van der Waals surface area contributed by atoms with Crippen LogP contribution in [-0.4, -0.2) is 34.5 Å². The molecule has 1 rings (SSSR count). The van der Waals surface area contributed by atoms with Crippen LogP contribution in [0.15, 0.2) is 16.5 Å². The van der Waals surface area contributed by atoms with Crippen molar-refractivity contribution in [3.63, 3.8) is 0 Å². The third-order valence-electron chi connectivity index (χ3n) is 1.56. The highest BCUT2D eigenvalue weighted by Gasteiger charge is 2.21. The molecule has 0 saturated heterocycles. The third kappa shape index (κ3) is 3.21. The average molecular weight is 228 g/mol. The lowest BCUT2D eigenvalue weighted by molar-refractivity contribution is -0.151. The number of carboxylic acid groups (broad SMARTS) is 1. The first-order valence-electron chi connectivity index (χ1n) is 4.19. The fraction of sp³-hybridized carbons (Fsp3) is 0.222. The summed E-state index contributed by atoms with van der Waals surface area (Å²) in [5, 5.41) is 17.4. The van der Waals surface area contributed by atoms with Crippen molar-refractivity contribution in [1.29, 1.82) is 0 Å². The average Bonchev–Trinajstić information content (AvgIpc) is 2.64. The van der Waals surface area contributed by atoms with Crippen molar-refractivity contribution in [1.82, 2.24) is 0 Å². The molecule has 1 aromatic heterocycles. The van der Waals surface area contributed by atoms with Crippen LogP contribution in [-0.2, 0) is 9.59 Å². The monoisotopic (exact) mass is 228 g/mol. The Morgan fingerprint density at radius 2 is 2.19 bits per heavy atom. The summed E-state index contributed by atoms with van der Waals surface area (Å²) in [4.78, 5) is 31.5. The molecule has 0 aliphatic heterocycles. The predicted octanol–water partition coefficient (Wildman–Crippen LogP) is -0.167. The number of furan rings is 1. The second kappa shape index (κ2) is 5.08. The molecule has 86 valence electrons. The van der Waals surface area contributed by atoms with Gasteiger partial charge in [-0.1, -0.05) is 0 Å². The molecule has 0 aliphatic carbocycles. The zero-order valence-electron chi connectivity index (χ0n) is 7.95. The predicted molar refractivity (Wildman–Crippen MR) is 48.0 cm³/mol. The van der Waals surface area contributed by atoms with Crippen LogP contribution in [0.1, 0.15) is 17.0 Å². The second-order valence-electron chi connectivity index (χ2n) is 2.81. The van der Waals surface area contributed by atoms with Gasteiger partial charge < -0.3 is 19.4 Å². The smallest absolute Gasteiger partial charge is 0.343 e. The van der Waals surface area contributed by atoms with E-state index in [1.165, 1.54) is 12.1 Å². The van der Waals surface area contributed by atoms with Crippen molar-refractivity contribution in [2.75, 3.05) is 0 Å². The highest BCUT2D eigenvalue weighted by atomic mass is 16.6. The van der Waals surface area contributed by atoms with Crippen LogP contribution in [0, 0.1) is 0 Å². The Morgan fingerprint density at radius 1 is 1.50 bits per heavy atom. The summed E-state index contributed by atoms with van der Waals surface area (Å²) < 4.78 is 9.17. The highest BCUT2D eigenvalue weighted by molar-refractivity contribution is 5.82. The zero-order chi connectivity index (χ0) is 12.1. The Morgan fingerprint density at radius 3 is 2.69 bits per heavy atom. The van der Waals surface area contributed by atoms with E-state index < -0.39 is 24.5 Å². The van der Waals surface area contributed by atoms with Gasteiger partial charge in [-0.3, -0.25) is 9.59 Å². The van der Waals surface area contributed by atoms with Crippen LogP contribution < -0.4 is 4.74 Å². The molecular formula is C9H8O7. The van der Waals surface area contributed by atoms with E-state index in [1.54, 1.807) is 0 Å². The minimum atomic E-state index is -1.78. The molecule has 2 N–H and O–H groups in total. The minimum Gasteiger partial charge on any atom is -0.481 e. The molecule has 7 heteroatoms. The van der Waals surface area contributed by atoms with Crippen LogP contribution >= 0.6 is 0 Å². The summed E-state index contributed by atoms with van der Waals surface area (Å²) in [5.74, 6) is -2.82. The van der Waals surface area contributed by atoms with E-state index in [4.69, 9.17) is 10.2 Å². The molecule has 16 heavy (non-hydrogen) atoms. The molecule has 1 aromatic rings. The van der Waals surface area contributed by atoms with Gasteiger partial charge in [0.25, 0.3) is 5.95 Å². The largest absolute Gasteiger partial charge is 0.481 e. The molecular weight excluding hydrogens is 220 g/mol. The van der Waals surface area contributed by atoms with Gasteiger partial charge >= 0.3 is 11.9 Å². The minimum absolute atomic E-state index is 0.0458. The van der Waals surface area contributed by atoms with Crippen molar-refractivity contribution < 1.29 is 33.8 Å². The van der Waals surface area contributed by atoms with Crippen molar-refractivity contribution in [2.24, 2.45) is 0 Å². The number of aldehydes is 1. The Hall–Kier alpha value is -2.15. The van der Waals surface area contributed by atoms with Crippen LogP contribution in [0.5, 0.6) is 5.95 Å². The van der Waals surface area contributed by atoms with E-state index in [0.717, 1.165) is 0 Å². The van der Waals surface area contributed by atoms with Gasteiger partial charge in [0.1, 0.15) is 0 Å². The van der Waals surface area contributed by atoms with E-state index in [0.29, 0.717) is 6.29 Å². The van der Waals surface area contributed by atoms with Gasteiger partial charge in [0.15, 0.2) is 18.2 Å². The normalized spacial score (nSPS) is 11.8. The first kappa shape index (κ1) is 11.9. The molecule has 0 spiro atoms. The number of aliphatic carboxylic acids is 1. The summed E-state index contributed by atoms with van der Waals surface area (Å²) in [6.07, 6.45) is -2.13. The molecule has 0 aromatic carbocycles. The van der Waals surface area contributed by atoms with Crippen LogP contribution in [0.2, 0.25) is 0 Å². The molecule has 0 radical (unpaired) electrons. The summed E-state index contributed by atoms with van der Waals surface area (Å²) in [7, 11) is 0. The number of carbonyl (C=O) groups excluding carboxylic acids is 2. The van der Waals surface area contributed by atoms with Gasteiger partial charge in [0.05, 0.1) is 6.42 Å². The van der Waals surface area contributed by atoms with Gasteiger partial charge in [0.2, 0.25) is 0 Å².